The minimum atomic E-state index is -3.09. The predicted molar refractivity (Wildman–Crippen MR) is 117 cm³/mol. The summed E-state index contributed by atoms with van der Waals surface area (Å²) in [5.74, 6) is 0.0162. The zero-order chi connectivity index (χ0) is 21.5. The van der Waals surface area contributed by atoms with Crippen LogP contribution in [0.15, 0.2) is 36.4 Å². The summed E-state index contributed by atoms with van der Waals surface area (Å²) in [6.45, 7) is 4.38. The molecular formula is C22H26N4O3S. The first kappa shape index (κ1) is 20.5. The third kappa shape index (κ3) is 3.71. The van der Waals surface area contributed by atoms with Crippen LogP contribution in [0.2, 0.25) is 0 Å². The van der Waals surface area contributed by atoms with Crippen LogP contribution in [0.25, 0.3) is 22.3 Å². The summed E-state index contributed by atoms with van der Waals surface area (Å²) in [6, 6.07) is 11.3. The van der Waals surface area contributed by atoms with E-state index in [1.54, 1.807) is 9.58 Å². The minimum absolute atomic E-state index is 0.0323. The van der Waals surface area contributed by atoms with Crippen molar-refractivity contribution < 1.29 is 13.2 Å². The fraction of sp³-hybridized carbons (Fsp3) is 0.409. The number of hydrogen-bond donors (Lipinski definition) is 0. The van der Waals surface area contributed by atoms with Gasteiger partial charge in [0.15, 0.2) is 15.5 Å². The number of nitrogens with zero attached hydrogens (tertiary/aromatic N) is 4. The topological polar surface area (TPSA) is 85.2 Å². The van der Waals surface area contributed by atoms with Crippen LogP contribution in [0, 0.1) is 6.92 Å². The molecule has 1 aliphatic rings. The molecule has 0 radical (unpaired) electrons. The lowest BCUT2D eigenvalue weighted by atomic mass is 10.0. The van der Waals surface area contributed by atoms with E-state index in [1.165, 1.54) is 0 Å². The first-order chi connectivity index (χ1) is 14.3. The number of aromatic nitrogens is 3. The number of aryl methyl sites for hydroxylation is 2. The van der Waals surface area contributed by atoms with E-state index in [0.29, 0.717) is 29.9 Å². The highest BCUT2D eigenvalue weighted by Crippen LogP contribution is 2.29. The number of benzene rings is 1. The van der Waals surface area contributed by atoms with Crippen molar-refractivity contribution in [3.8, 4) is 11.3 Å². The molecule has 8 heteroatoms. The Balaban J connectivity index is 1.86. The normalized spacial score (nSPS) is 18.0. The number of carbonyl (C=O) groups excluding carboxylic acids is 1. The highest BCUT2D eigenvalue weighted by molar-refractivity contribution is 7.91. The summed E-state index contributed by atoms with van der Waals surface area (Å²) in [6.07, 6.45) is 1.24. The Hall–Kier alpha value is -2.74. The van der Waals surface area contributed by atoms with Crippen LogP contribution >= 0.6 is 0 Å². The van der Waals surface area contributed by atoms with Crippen LogP contribution < -0.4 is 0 Å². The maximum absolute atomic E-state index is 13.8. The number of fused-ring (bicyclic) bond motifs is 1. The van der Waals surface area contributed by atoms with Crippen molar-refractivity contribution in [2.75, 3.05) is 18.1 Å². The van der Waals surface area contributed by atoms with Gasteiger partial charge in [-0.05, 0) is 25.8 Å². The molecule has 1 amide bonds. The number of rotatable bonds is 5. The first-order valence-electron chi connectivity index (χ1n) is 10.2. The van der Waals surface area contributed by atoms with Crippen molar-refractivity contribution in [3.63, 3.8) is 0 Å². The van der Waals surface area contributed by atoms with Crippen molar-refractivity contribution in [3.05, 3.63) is 47.7 Å². The van der Waals surface area contributed by atoms with Crippen LogP contribution in [0.1, 0.15) is 35.8 Å². The van der Waals surface area contributed by atoms with Gasteiger partial charge in [0, 0.05) is 25.2 Å². The fourth-order valence-electron chi connectivity index (χ4n) is 4.24. The average molecular weight is 427 g/mol. The molecule has 0 spiro atoms. The monoisotopic (exact) mass is 426 g/mol. The third-order valence-electron chi connectivity index (χ3n) is 5.64. The van der Waals surface area contributed by atoms with Gasteiger partial charge >= 0.3 is 0 Å². The number of amides is 1. The molecule has 0 saturated carbocycles. The molecule has 0 N–H and O–H groups in total. The molecule has 1 atom stereocenters. The van der Waals surface area contributed by atoms with Gasteiger partial charge in [-0.3, -0.25) is 9.48 Å². The highest BCUT2D eigenvalue weighted by Gasteiger charge is 2.35. The number of sulfone groups is 1. The Bertz CT molecular complexity index is 1200. The molecule has 1 saturated heterocycles. The van der Waals surface area contributed by atoms with E-state index in [4.69, 9.17) is 4.98 Å². The molecule has 1 aromatic carbocycles. The summed E-state index contributed by atoms with van der Waals surface area (Å²) in [5, 5.41) is 5.21. The smallest absolute Gasteiger partial charge is 0.255 e. The van der Waals surface area contributed by atoms with Crippen LogP contribution in [-0.4, -0.2) is 58.1 Å². The fourth-order valence-corrected chi connectivity index (χ4v) is 5.97. The quantitative estimate of drug-likeness (QED) is 0.626. The van der Waals surface area contributed by atoms with Gasteiger partial charge in [0.1, 0.15) is 0 Å². The largest absolute Gasteiger partial charge is 0.335 e. The van der Waals surface area contributed by atoms with E-state index in [1.807, 2.05) is 57.3 Å². The highest BCUT2D eigenvalue weighted by atomic mass is 32.2. The Labute approximate surface area is 176 Å². The second kappa shape index (κ2) is 7.83. The molecule has 1 fully saturated rings. The van der Waals surface area contributed by atoms with Crippen LogP contribution in [0.3, 0.4) is 0 Å². The van der Waals surface area contributed by atoms with E-state index in [-0.39, 0.29) is 23.5 Å². The van der Waals surface area contributed by atoms with Gasteiger partial charge in [-0.1, -0.05) is 37.3 Å². The molecule has 30 heavy (non-hydrogen) atoms. The average Bonchev–Trinajstić information content (AvgIpc) is 3.24. The number of hydrogen-bond acceptors (Lipinski definition) is 5. The molecule has 158 valence electrons. The predicted octanol–water partition coefficient (Wildman–Crippen LogP) is 2.98. The van der Waals surface area contributed by atoms with Crippen LogP contribution in [0.5, 0.6) is 0 Å². The van der Waals surface area contributed by atoms with Gasteiger partial charge in [0.2, 0.25) is 0 Å². The maximum atomic E-state index is 13.8. The van der Waals surface area contributed by atoms with Gasteiger partial charge in [0.05, 0.1) is 33.8 Å². The van der Waals surface area contributed by atoms with Crippen molar-refractivity contribution in [1.29, 1.82) is 0 Å². The van der Waals surface area contributed by atoms with E-state index in [9.17, 15) is 13.2 Å². The van der Waals surface area contributed by atoms with Crippen molar-refractivity contribution in [1.82, 2.24) is 19.7 Å². The summed E-state index contributed by atoms with van der Waals surface area (Å²) in [5.41, 5.74) is 3.52. The molecular weight excluding hydrogens is 400 g/mol. The first-order valence-corrected chi connectivity index (χ1v) is 12.0. The van der Waals surface area contributed by atoms with Crippen molar-refractivity contribution >= 4 is 26.8 Å². The lowest BCUT2D eigenvalue weighted by Crippen LogP contribution is -2.41. The minimum Gasteiger partial charge on any atom is -0.335 e. The maximum Gasteiger partial charge on any atom is 0.255 e. The number of carbonyl (C=O) groups is 1. The lowest BCUT2D eigenvalue weighted by Gasteiger charge is -2.28. The molecule has 1 aliphatic heterocycles. The third-order valence-corrected chi connectivity index (χ3v) is 7.39. The van der Waals surface area contributed by atoms with Crippen LogP contribution in [-0.2, 0) is 16.9 Å². The van der Waals surface area contributed by atoms with Gasteiger partial charge in [-0.15, -0.1) is 0 Å². The van der Waals surface area contributed by atoms with Gasteiger partial charge in [-0.2, -0.15) is 5.10 Å². The summed E-state index contributed by atoms with van der Waals surface area (Å²) >= 11 is 0. The summed E-state index contributed by atoms with van der Waals surface area (Å²) in [7, 11) is -1.28. The van der Waals surface area contributed by atoms with Gasteiger partial charge < -0.3 is 4.90 Å². The van der Waals surface area contributed by atoms with Crippen molar-refractivity contribution in [2.45, 2.75) is 32.7 Å². The standard InChI is InChI=1S/C22H26N4O3S/c1-4-11-26(17-10-12-30(28,29)14-17)22(27)18-13-19(16-8-6-5-7-9-16)23-21-20(18)15(2)24-25(21)3/h5-9,13,17H,4,10-12,14H2,1-3H3. The molecule has 1 unspecified atom stereocenters. The summed E-state index contributed by atoms with van der Waals surface area (Å²) in [4.78, 5) is 20.3. The molecule has 0 bridgehead atoms. The molecule has 3 heterocycles. The molecule has 2 aromatic heterocycles. The lowest BCUT2D eigenvalue weighted by molar-refractivity contribution is 0.0699. The molecule has 0 aliphatic carbocycles. The van der Waals surface area contributed by atoms with E-state index in [2.05, 4.69) is 5.10 Å². The second-order valence-electron chi connectivity index (χ2n) is 7.88. The Morgan fingerprint density at radius 2 is 2.00 bits per heavy atom. The van der Waals surface area contributed by atoms with Gasteiger partial charge in [-0.25, -0.2) is 13.4 Å². The Kier molecular flexibility index (Phi) is 5.36. The van der Waals surface area contributed by atoms with E-state index < -0.39 is 9.84 Å². The zero-order valence-corrected chi connectivity index (χ0v) is 18.3. The Morgan fingerprint density at radius 3 is 2.63 bits per heavy atom. The molecule has 4 rings (SSSR count). The second-order valence-corrected chi connectivity index (χ2v) is 10.1. The van der Waals surface area contributed by atoms with Crippen molar-refractivity contribution in [2.24, 2.45) is 7.05 Å². The molecule has 7 nitrogen and oxygen atoms in total. The van der Waals surface area contributed by atoms with Crippen LogP contribution in [0.4, 0.5) is 0 Å². The van der Waals surface area contributed by atoms with E-state index in [0.717, 1.165) is 23.1 Å². The number of pyridine rings is 1. The summed E-state index contributed by atoms with van der Waals surface area (Å²) < 4.78 is 25.8. The van der Waals surface area contributed by atoms with E-state index >= 15 is 0 Å². The molecule has 3 aromatic rings. The van der Waals surface area contributed by atoms with Gasteiger partial charge in [0.25, 0.3) is 5.91 Å². The Morgan fingerprint density at radius 1 is 1.27 bits per heavy atom. The SMILES string of the molecule is CCCN(C(=O)c1cc(-c2ccccc2)nc2c1c(C)nn2C)C1CCS(=O)(=O)C1. The zero-order valence-electron chi connectivity index (χ0n) is 17.5.